The Morgan fingerprint density at radius 3 is 2.52 bits per heavy atom. The first-order chi connectivity index (χ1) is 10.0. The highest BCUT2D eigenvalue weighted by atomic mass is 35.5. The molecule has 1 fully saturated rings. The minimum Gasteiger partial charge on any atom is -0.385 e. The van der Waals surface area contributed by atoms with Gasteiger partial charge >= 0.3 is 0 Å². The molecule has 0 amide bonds. The molecule has 0 unspecified atom stereocenters. The predicted molar refractivity (Wildman–Crippen MR) is 82.7 cm³/mol. The number of aliphatic hydroxyl groups excluding tert-OH is 1. The van der Waals surface area contributed by atoms with Crippen LogP contribution in [-0.2, 0) is 16.1 Å². The Labute approximate surface area is 131 Å². The highest BCUT2D eigenvalue weighted by molar-refractivity contribution is 6.30. The van der Waals surface area contributed by atoms with Gasteiger partial charge in [-0.2, -0.15) is 0 Å². The maximum Gasteiger partial charge on any atom is 0.126 e. The normalized spacial score (nSPS) is 27.5. The lowest BCUT2D eigenvalue weighted by atomic mass is 10.2. The number of benzene rings is 1. The van der Waals surface area contributed by atoms with Crippen LogP contribution in [0.4, 0.5) is 0 Å². The number of ether oxygens (including phenoxy) is 2. The molecule has 0 radical (unpaired) electrons. The summed E-state index contributed by atoms with van der Waals surface area (Å²) in [6.45, 7) is 7.61. The van der Waals surface area contributed by atoms with Crippen LogP contribution in [-0.4, -0.2) is 49.7 Å². The fraction of sp³-hybridized carbons (Fsp3) is 0.625. The van der Waals surface area contributed by atoms with Crippen molar-refractivity contribution < 1.29 is 19.5 Å². The second-order valence-electron chi connectivity index (χ2n) is 5.92. The molecule has 0 spiro atoms. The molecule has 0 aromatic heterocycles. The van der Waals surface area contributed by atoms with Crippen molar-refractivity contribution in [3.63, 3.8) is 0 Å². The minimum atomic E-state index is -0.440. The lowest BCUT2D eigenvalue weighted by molar-refractivity contribution is -0.918. The summed E-state index contributed by atoms with van der Waals surface area (Å²) in [7, 11) is 0. The number of hydrogen-bond acceptors (Lipinski definition) is 3. The SMILES string of the molecule is C[C@H]1C[NH+](C[C@H](O)COCc2ccc(Cl)cc2)C[C@H](C)O1. The van der Waals surface area contributed by atoms with E-state index in [-0.39, 0.29) is 12.2 Å². The average molecular weight is 315 g/mol. The molecule has 0 saturated carbocycles. The predicted octanol–water partition coefficient (Wildman–Crippen LogP) is 0.910. The second kappa shape index (κ2) is 8.11. The Bertz CT molecular complexity index is 416. The van der Waals surface area contributed by atoms with E-state index in [0.717, 1.165) is 23.7 Å². The van der Waals surface area contributed by atoms with Crippen LogP contribution < -0.4 is 4.90 Å². The summed E-state index contributed by atoms with van der Waals surface area (Å²) in [5.41, 5.74) is 1.06. The second-order valence-corrected chi connectivity index (χ2v) is 6.35. The van der Waals surface area contributed by atoms with Gasteiger partial charge in [0.25, 0.3) is 0 Å². The van der Waals surface area contributed by atoms with Crippen molar-refractivity contribution in [1.29, 1.82) is 0 Å². The zero-order valence-electron chi connectivity index (χ0n) is 12.7. The van der Waals surface area contributed by atoms with E-state index in [4.69, 9.17) is 21.1 Å². The molecule has 118 valence electrons. The highest BCUT2D eigenvalue weighted by Gasteiger charge is 2.27. The van der Waals surface area contributed by atoms with Crippen molar-refractivity contribution in [3.8, 4) is 0 Å². The molecule has 1 heterocycles. The molecule has 1 saturated heterocycles. The molecule has 2 N–H and O–H groups in total. The first-order valence-corrected chi connectivity index (χ1v) is 7.90. The topological polar surface area (TPSA) is 43.1 Å². The number of rotatable bonds is 6. The summed E-state index contributed by atoms with van der Waals surface area (Å²) in [6.07, 6.45) is 0.0710. The van der Waals surface area contributed by atoms with Crippen LogP contribution in [0.5, 0.6) is 0 Å². The van der Waals surface area contributed by atoms with E-state index in [1.54, 1.807) is 0 Å². The first kappa shape index (κ1) is 16.7. The summed E-state index contributed by atoms with van der Waals surface area (Å²) < 4.78 is 11.3. The number of hydrogen-bond donors (Lipinski definition) is 2. The molecule has 4 nitrogen and oxygen atoms in total. The maximum absolute atomic E-state index is 10.1. The van der Waals surface area contributed by atoms with Crippen LogP contribution in [0.25, 0.3) is 0 Å². The molecule has 21 heavy (non-hydrogen) atoms. The van der Waals surface area contributed by atoms with E-state index in [9.17, 15) is 5.11 Å². The van der Waals surface area contributed by atoms with Gasteiger partial charge < -0.3 is 19.5 Å². The molecule has 5 heteroatoms. The summed E-state index contributed by atoms with van der Waals surface area (Å²) in [4.78, 5) is 1.38. The zero-order chi connectivity index (χ0) is 15.2. The third-order valence-corrected chi connectivity index (χ3v) is 3.89. The van der Waals surface area contributed by atoms with Crippen molar-refractivity contribution in [2.24, 2.45) is 0 Å². The van der Waals surface area contributed by atoms with E-state index in [1.165, 1.54) is 4.90 Å². The maximum atomic E-state index is 10.1. The smallest absolute Gasteiger partial charge is 0.126 e. The van der Waals surface area contributed by atoms with Crippen LogP contribution in [0, 0.1) is 0 Å². The van der Waals surface area contributed by atoms with Crippen LogP contribution in [0.2, 0.25) is 5.02 Å². The number of aliphatic hydroxyl groups is 1. The van der Waals surface area contributed by atoms with E-state index in [2.05, 4.69) is 13.8 Å². The Hall–Kier alpha value is -0.650. The van der Waals surface area contributed by atoms with Crippen molar-refractivity contribution in [3.05, 3.63) is 34.9 Å². The molecule has 3 atom stereocenters. The number of morpholine rings is 1. The fourth-order valence-electron chi connectivity index (χ4n) is 2.84. The largest absolute Gasteiger partial charge is 0.385 e. The molecule has 1 aromatic rings. The Kier molecular flexibility index (Phi) is 6.45. The van der Waals surface area contributed by atoms with Gasteiger partial charge in [-0.25, -0.2) is 0 Å². The summed E-state index contributed by atoms with van der Waals surface area (Å²) in [5, 5.41) is 10.8. The van der Waals surface area contributed by atoms with E-state index in [0.29, 0.717) is 19.8 Å². The number of quaternary nitrogens is 1. The minimum absolute atomic E-state index is 0.255. The fourth-order valence-corrected chi connectivity index (χ4v) is 2.97. The van der Waals surface area contributed by atoms with Crippen molar-refractivity contribution in [2.45, 2.75) is 38.8 Å². The van der Waals surface area contributed by atoms with Gasteiger partial charge in [-0.3, -0.25) is 0 Å². The Balaban J connectivity index is 1.67. The van der Waals surface area contributed by atoms with Crippen molar-refractivity contribution in [2.75, 3.05) is 26.2 Å². The summed E-state index contributed by atoms with van der Waals surface area (Å²) >= 11 is 5.83. The van der Waals surface area contributed by atoms with Gasteiger partial charge in [0.2, 0.25) is 0 Å². The van der Waals surface area contributed by atoms with Gasteiger partial charge in [0.05, 0.1) is 13.2 Å². The quantitative estimate of drug-likeness (QED) is 0.820. The van der Waals surface area contributed by atoms with Gasteiger partial charge in [-0.05, 0) is 31.5 Å². The Morgan fingerprint density at radius 1 is 1.29 bits per heavy atom. The first-order valence-electron chi connectivity index (χ1n) is 7.52. The van der Waals surface area contributed by atoms with Gasteiger partial charge in [0, 0.05) is 5.02 Å². The van der Waals surface area contributed by atoms with Gasteiger partial charge in [0.15, 0.2) is 0 Å². The summed E-state index contributed by atoms with van der Waals surface area (Å²) in [5.74, 6) is 0. The van der Waals surface area contributed by atoms with Gasteiger partial charge in [-0.1, -0.05) is 23.7 Å². The van der Waals surface area contributed by atoms with Crippen molar-refractivity contribution >= 4 is 11.6 Å². The molecule has 1 aromatic carbocycles. The third kappa shape index (κ3) is 5.93. The molecule has 0 bridgehead atoms. The Morgan fingerprint density at radius 2 is 1.90 bits per heavy atom. The lowest BCUT2D eigenvalue weighted by Gasteiger charge is -2.33. The number of halogens is 1. The van der Waals surface area contributed by atoms with E-state index >= 15 is 0 Å². The molecular formula is C16H25ClNO3+. The van der Waals surface area contributed by atoms with Gasteiger partial charge in [-0.15, -0.1) is 0 Å². The molecule has 1 aliphatic rings. The molecular weight excluding hydrogens is 290 g/mol. The lowest BCUT2D eigenvalue weighted by Crippen LogP contribution is -3.16. The van der Waals surface area contributed by atoms with Crippen molar-refractivity contribution in [1.82, 2.24) is 0 Å². The molecule has 1 aliphatic heterocycles. The van der Waals surface area contributed by atoms with Crippen LogP contribution in [0.3, 0.4) is 0 Å². The van der Waals surface area contributed by atoms with Crippen LogP contribution >= 0.6 is 11.6 Å². The van der Waals surface area contributed by atoms with Crippen LogP contribution in [0.15, 0.2) is 24.3 Å². The average Bonchev–Trinajstić information content (AvgIpc) is 2.39. The molecule has 0 aliphatic carbocycles. The van der Waals surface area contributed by atoms with E-state index < -0.39 is 6.10 Å². The molecule has 2 rings (SSSR count). The number of nitrogens with one attached hydrogen (secondary N) is 1. The zero-order valence-corrected chi connectivity index (χ0v) is 13.5. The van der Waals surface area contributed by atoms with Crippen LogP contribution in [0.1, 0.15) is 19.4 Å². The monoisotopic (exact) mass is 314 g/mol. The van der Waals surface area contributed by atoms with Gasteiger partial charge in [0.1, 0.15) is 37.9 Å². The third-order valence-electron chi connectivity index (χ3n) is 3.63. The highest BCUT2D eigenvalue weighted by Crippen LogP contribution is 2.10. The van der Waals surface area contributed by atoms with E-state index in [1.807, 2.05) is 24.3 Å². The standard InChI is InChI=1S/C16H24ClNO3/c1-12-7-18(8-13(2)21-12)9-16(19)11-20-10-14-3-5-15(17)6-4-14/h3-6,12-13,16,19H,7-11H2,1-2H3/p+1/t12-,13-,16-/m0/s1. The summed E-state index contributed by atoms with van der Waals surface area (Å²) in [6, 6.07) is 7.56.